The number of hydrogen-bond acceptors (Lipinski definition) is 3. The number of alkyl halides is 6. The summed E-state index contributed by atoms with van der Waals surface area (Å²) >= 11 is 0. The Labute approximate surface area is 121 Å². The quantitative estimate of drug-likeness (QED) is 0.853. The second-order valence-electron chi connectivity index (χ2n) is 4.23. The molecule has 0 amide bonds. The van der Waals surface area contributed by atoms with E-state index in [1.807, 2.05) is 0 Å². The summed E-state index contributed by atoms with van der Waals surface area (Å²) in [6, 6.07) is 6.53. The molecule has 122 valence electrons. The summed E-state index contributed by atoms with van der Waals surface area (Å²) in [7, 11) is -6.16. The summed E-state index contributed by atoms with van der Waals surface area (Å²) < 4.78 is 98.2. The maximum Gasteiger partial charge on any atom is 0.511 e. The highest BCUT2D eigenvalue weighted by Crippen LogP contribution is 2.36. The summed E-state index contributed by atoms with van der Waals surface area (Å²) in [5.41, 5.74) is -9.52. The van der Waals surface area contributed by atoms with Gasteiger partial charge < -0.3 is 0 Å². The van der Waals surface area contributed by atoms with Gasteiger partial charge >= 0.3 is 21.7 Å². The van der Waals surface area contributed by atoms with Crippen LogP contribution in [0.4, 0.5) is 26.3 Å². The second-order valence-corrected chi connectivity index (χ2v) is 5.90. The Morgan fingerprint density at radius 2 is 1.55 bits per heavy atom. The molecule has 11 heteroatoms. The molecule has 0 radical (unpaired) electrons. The lowest BCUT2D eigenvalue weighted by Gasteiger charge is -2.29. The van der Waals surface area contributed by atoms with Crippen molar-refractivity contribution in [2.24, 2.45) is 0 Å². The zero-order chi connectivity index (χ0) is 17.2. The molecule has 0 aliphatic carbocycles. The highest BCUT2D eigenvalue weighted by atomic mass is 32.2. The summed E-state index contributed by atoms with van der Waals surface area (Å²) in [6.45, 7) is 0. The van der Waals surface area contributed by atoms with E-state index in [0.717, 1.165) is 22.9 Å². The molecular weight excluding hydrogens is 338 g/mol. The van der Waals surface area contributed by atoms with Gasteiger partial charge in [-0.2, -0.15) is 36.3 Å². The Hall–Kier alpha value is -1.80. The number of sulfonamides is 1. The van der Waals surface area contributed by atoms with Gasteiger partial charge in [0.05, 0.1) is 12.5 Å². The summed E-state index contributed by atoms with van der Waals surface area (Å²) in [5, 5.41) is 8.98. The van der Waals surface area contributed by atoms with Gasteiger partial charge in [-0.1, -0.05) is 30.3 Å². The molecule has 0 heterocycles. The fourth-order valence-electron chi connectivity index (χ4n) is 1.63. The largest absolute Gasteiger partial charge is 0.511 e. The zero-order valence-electron chi connectivity index (χ0n) is 10.5. The number of nitrogens with zero attached hydrogens (tertiary/aromatic N) is 1. The first-order chi connectivity index (χ1) is 9.83. The molecule has 1 unspecified atom stereocenters. The van der Waals surface area contributed by atoms with E-state index in [1.54, 1.807) is 0 Å². The molecule has 0 spiro atoms. The van der Waals surface area contributed by atoms with Crippen LogP contribution in [-0.2, 0) is 15.6 Å². The molecule has 0 saturated heterocycles. The van der Waals surface area contributed by atoms with Crippen LogP contribution >= 0.6 is 0 Å². The van der Waals surface area contributed by atoms with Crippen molar-refractivity contribution >= 4 is 10.0 Å². The van der Waals surface area contributed by atoms with E-state index in [2.05, 4.69) is 0 Å². The van der Waals surface area contributed by atoms with E-state index < -0.39 is 39.2 Å². The minimum absolute atomic E-state index is 0.553. The van der Waals surface area contributed by atoms with E-state index in [1.165, 1.54) is 18.2 Å². The molecule has 0 saturated carbocycles. The van der Waals surface area contributed by atoms with Crippen molar-refractivity contribution in [1.29, 1.82) is 5.26 Å². The minimum Gasteiger partial charge on any atom is -0.203 e. The minimum atomic E-state index is -6.16. The average molecular weight is 346 g/mol. The molecule has 22 heavy (non-hydrogen) atoms. The number of hydrogen-bond donors (Lipinski definition) is 1. The molecule has 1 N–H and O–H groups in total. The topological polar surface area (TPSA) is 70.0 Å². The van der Waals surface area contributed by atoms with Crippen LogP contribution in [0.5, 0.6) is 0 Å². The smallest absolute Gasteiger partial charge is 0.203 e. The average Bonchev–Trinajstić information content (AvgIpc) is 2.35. The molecule has 0 bridgehead atoms. The van der Waals surface area contributed by atoms with Crippen molar-refractivity contribution in [3.05, 3.63) is 35.9 Å². The molecule has 1 aromatic rings. The van der Waals surface area contributed by atoms with Crippen LogP contribution in [0.3, 0.4) is 0 Å². The third-order valence-corrected chi connectivity index (χ3v) is 3.76. The normalized spacial score (nSPS) is 15.9. The molecule has 4 nitrogen and oxygen atoms in total. The maximum absolute atomic E-state index is 12.6. The Balaban J connectivity index is 3.45. The monoisotopic (exact) mass is 346 g/mol. The van der Waals surface area contributed by atoms with Crippen LogP contribution in [0, 0.1) is 11.3 Å². The van der Waals surface area contributed by atoms with Crippen LogP contribution in [0.15, 0.2) is 30.3 Å². The lowest BCUT2D eigenvalue weighted by atomic mass is 9.89. The molecule has 0 fully saturated rings. The molecular formula is C11H8F6N2O2S. The highest BCUT2D eigenvalue weighted by molar-refractivity contribution is 7.90. The van der Waals surface area contributed by atoms with Gasteiger partial charge in [0.15, 0.2) is 5.54 Å². The molecule has 0 aromatic heterocycles. The molecule has 1 rings (SSSR count). The Bertz CT molecular complexity index is 663. The standard InChI is InChI=1S/C11H8F6N2O2S/c12-10(13,14)6-9(7-18,8-4-2-1-3-5-8)19-22(20,21)11(15,16)17/h1-5,19H,6H2. The van der Waals surface area contributed by atoms with Gasteiger partial charge in [-0.15, -0.1) is 0 Å². The first kappa shape index (κ1) is 18.2. The Kier molecular flexibility index (Phi) is 4.79. The number of nitriles is 1. The SMILES string of the molecule is N#CC(CC(F)(F)F)(NS(=O)(=O)C(F)(F)F)c1ccccc1. The van der Waals surface area contributed by atoms with E-state index in [0.29, 0.717) is 0 Å². The lowest BCUT2D eigenvalue weighted by Crippen LogP contribution is -2.51. The van der Waals surface area contributed by atoms with Gasteiger partial charge in [0.1, 0.15) is 0 Å². The van der Waals surface area contributed by atoms with Crippen molar-refractivity contribution in [3.63, 3.8) is 0 Å². The summed E-state index contributed by atoms with van der Waals surface area (Å²) in [6.07, 6.45) is -7.20. The van der Waals surface area contributed by atoms with Gasteiger partial charge in [-0.05, 0) is 5.56 Å². The van der Waals surface area contributed by atoms with Crippen molar-refractivity contribution < 1.29 is 34.8 Å². The third kappa shape index (κ3) is 4.11. The Morgan fingerprint density at radius 1 is 1.05 bits per heavy atom. The maximum atomic E-state index is 12.6. The first-order valence-electron chi connectivity index (χ1n) is 5.47. The Morgan fingerprint density at radius 3 is 1.91 bits per heavy atom. The molecule has 1 atom stereocenters. The number of rotatable bonds is 4. The summed E-state index contributed by atoms with van der Waals surface area (Å²) in [4.78, 5) is 0. The van der Waals surface area contributed by atoms with Crippen LogP contribution in [0.2, 0.25) is 0 Å². The highest BCUT2D eigenvalue weighted by Gasteiger charge is 2.54. The number of benzene rings is 1. The van der Waals surface area contributed by atoms with Gasteiger partial charge in [0.2, 0.25) is 0 Å². The number of nitrogens with one attached hydrogen (secondary N) is 1. The lowest BCUT2D eigenvalue weighted by molar-refractivity contribution is -0.145. The van der Waals surface area contributed by atoms with Crippen LogP contribution < -0.4 is 4.72 Å². The fraction of sp³-hybridized carbons (Fsp3) is 0.364. The molecule has 1 aromatic carbocycles. The third-order valence-electron chi connectivity index (χ3n) is 2.54. The van der Waals surface area contributed by atoms with Crippen LogP contribution in [0.1, 0.15) is 12.0 Å². The van der Waals surface area contributed by atoms with Crippen LogP contribution in [0.25, 0.3) is 0 Å². The van der Waals surface area contributed by atoms with Crippen molar-refractivity contribution in [3.8, 4) is 6.07 Å². The zero-order valence-corrected chi connectivity index (χ0v) is 11.4. The van der Waals surface area contributed by atoms with Gasteiger partial charge in [0.25, 0.3) is 0 Å². The first-order valence-corrected chi connectivity index (χ1v) is 6.95. The second kappa shape index (κ2) is 5.77. The van der Waals surface area contributed by atoms with E-state index in [9.17, 15) is 34.8 Å². The van der Waals surface area contributed by atoms with Gasteiger partial charge in [-0.25, -0.2) is 8.42 Å². The van der Waals surface area contributed by atoms with Crippen LogP contribution in [-0.4, -0.2) is 20.1 Å². The van der Waals surface area contributed by atoms with Crippen molar-refractivity contribution in [1.82, 2.24) is 4.72 Å². The van der Waals surface area contributed by atoms with Gasteiger partial charge in [-0.3, -0.25) is 0 Å². The predicted octanol–water partition coefficient (Wildman–Crippen LogP) is 2.80. The number of halogens is 6. The fourth-order valence-corrected chi connectivity index (χ4v) is 2.44. The molecule has 0 aliphatic heterocycles. The summed E-state index contributed by atoms with van der Waals surface area (Å²) in [5.74, 6) is 0. The van der Waals surface area contributed by atoms with Gasteiger partial charge in [0, 0.05) is 0 Å². The van der Waals surface area contributed by atoms with E-state index in [4.69, 9.17) is 5.26 Å². The van der Waals surface area contributed by atoms with E-state index in [-0.39, 0.29) is 0 Å². The predicted molar refractivity (Wildman–Crippen MR) is 62.5 cm³/mol. The van der Waals surface area contributed by atoms with Crippen molar-refractivity contribution in [2.75, 3.05) is 0 Å². The van der Waals surface area contributed by atoms with Crippen molar-refractivity contribution in [2.45, 2.75) is 23.6 Å². The molecule has 0 aliphatic rings. The van der Waals surface area contributed by atoms with E-state index >= 15 is 0 Å².